The summed E-state index contributed by atoms with van der Waals surface area (Å²) >= 11 is 11.6. The lowest BCUT2D eigenvalue weighted by atomic mass is 10.2. The summed E-state index contributed by atoms with van der Waals surface area (Å²) in [4.78, 5) is 28.1. The number of benzene rings is 1. The number of rotatable bonds is 5. The zero-order valence-corrected chi connectivity index (χ0v) is 13.8. The van der Waals surface area contributed by atoms with Crippen molar-refractivity contribution in [3.63, 3.8) is 0 Å². The van der Waals surface area contributed by atoms with Crippen LogP contribution in [0.3, 0.4) is 0 Å². The quantitative estimate of drug-likeness (QED) is 0.653. The van der Waals surface area contributed by atoms with Gasteiger partial charge in [0.2, 0.25) is 0 Å². The van der Waals surface area contributed by atoms with E-state index in [-0.39, 0.29) is 10.7 Å². The molecule has 0 aliphatic carbocycles. The van der Waals surface area contributed by atoms with Crippen molar-refractivity contribution in [2.45, 2.75) is 19.4 Å². The lowest BCUT2D eigenvalue weighted by molar-refractivity contribution is -0.124. The van der Waals surface area contributed by atoms with Crippen molar-refractivity contribution in [1.29, 1.82) is 0 Å². The highest BCUT2D eigenvalue weighted by molar-refractivity contribution is 6.32. The van der Waals surface area contributed by atoms with Gasteiger partial charge in [0, 0.05) is 16.9 Å². The van der Waals surface area contributed by atoms with Crippen LogP contribution in [0.5, 0.6) is 0 Å². The standard InChI is InChI=1S/C16H14Cl2N2O3/c1-2-13(15(21)20-11-7-5-10(17)6-8-11)23-16(22)12-4-3-9-19-14(12)18/h3-9,13H,2H2,1H3,(H,20,21). The van der Waals surface area contributed by atoms with Crippen LogP contribution < -0.4 is 5.32 Å². The molecular weight excluding hydrogens is 339 g/mol. The number of pyridine rings is 1. The highest BCUT2D eigenvalue weighted by atomic mass is 35.5. The van der Waals surface area contributed by atoms with Crippen LogP contribution >= 0.6 is 23.2 Å². The molecule has 120 valence electrons. The number of aromatic nitrogens is 1. The van der Waals surface area contributed by atoms with Gasteiger partial charge in [0.25, 0.3) is 5.91 Å². The van der Waals surface area contributed by atoms with Gasteiger partial charge in [0.05, 0.1) is 5.56 Å². The molecule has 1 heterocycles. The summed E-state index contributed by atoms with van der Waals surface area (Å²) in [6, 6.07) is 9.68. The molecule has 1 amide bonds. The van der Waals surface area contributed by atoms with Gasteiger partial charge in [0.15, 0.2) is 6.10 Å². The van der Waals surface area contributed by atoms with Crippen LogP contribution in [0.4, 0.5) is 5.69 Å². The van der Waals surface area contributed by atoms with E-state index in [2.05, 4.69) is 10.3 Å². The van der Waals surface area contributed by atoms with E-state index < -0.39 is 18.0 Å². The third-order valence-corrected chi connectivity index (χ3v) is 3.56. The lowest BCUT2D eigenvalue weighted by Crippen LogP contribution is -2.32. The molecule has 1 unspecified atom stereocenters. The first-order chi connectivity index (χ1) is 11.0. The Kier molecular flexibility index (Phi) is 5.96. The molecule has 1 aromatic heterocycles. The predicted octanol–water partition coefficient (Wildman–Crippen LogP) is 3.96. The van der Waals surface area contributed by atoms with Gasteiger partial charge in [-0.1, -0.05) is 30.1 Å². The SMILES string of the molecule is CCC(OC(=O)c1cccnc1Cl)C(=O)Nc1ccc(Cl)cc1. The van der Waals surface area contributed by atoms with Crippen LogP contribution in [0.15, 0.2) is 42.6 Å². The molecule has 0 aliphatic rings. The second kappa shape index (κ2) is 7.94. The molecule has 7 heteroatoms. The fourth-order valence-corrected chi connectivity index (χ4v) is 2.13. The molecule has 1 atom stereocenters. The molecule has 1 N–H and O–H groups in total. The van der Waals surface area contributed by atoms with Crippen molar-refractivity contribution < 1.29 is 14.3 Å². The molecule has 0 saturated heterocycles. The molecule has 0 radical (unpaired) electrons. The van der Waals surface area contributed by atoms with Crippen molar-refractivity contribution in [1.82, 2.24) is 4.98 Å². The Morgan fingerprint density at radius 2 is 1.91 bits per heavy atom. The Bertz CT molecular complexity index is 705. The second-order valence-electron chi connectivity index (χ2n) is 4.64. The minimum atomic E-state index is -0.936. The Morgan fingerprint density at radius 3 is 2.52 bits per heavy atom. The minimum Gasteiger partial charge on any atom is -0.449 e. The van der Waals surface area contributed by atoms with Crippen molar-refractivity contribution in [3.8, 4) is 0 Å². The first kappa shape index (κ1) is 17.2. The number of amides is 1. The summed E-state index contributed by atoms with van der Waals surface area (Å²) < 4.78 is 5.22. The zero-order valence-electron chi connectivity index (χ0n) is 12.3. The number of carbonyl (C=O) groups excluding carboxylic acids is 2. The van der Waals surface area contributed by atoms with Gasteiger partial charge in [-0.15, -0.1) is 0 Å². The minimum absolute atomic E-state index is 0.0328. The number of hydrogen-bond donors (Lipinski definition) is 1. The van der Waals surface area contributed by atoms with E-state index in [4.69, 9.17) is 27.9 Å². The van der Waals surface area contributed by atoms with E-state index >= 15 is 0 Å². The summed E-state index contributed by atoms with van der Waals surface area (Å²) in [7, 11) is 0. The third kappa shape index (κ3) is 4.68. The fourth-order valence-electron chi connectivity index (χ4n) is 1.81. The second-order valence-corrected chi connectivity index (χ2v) is 5.43. The number of nitrogens with one attached hydrogen (secondary N) is 1. The van der Waals surface area contributed by atoms with Gasteiger partial charge >= 0.3 is 5.97 Å². The van der Waals surface area contributed by atoms with Crippen LogP contribution in [0.2, 0.25) is 10.2 Å². The Balaban J connectivity index is 2.04. The summed E-state index contributed by atoms with van der Waals surface area (Å²) in [5, 5.41) is 3.26. The highest BCUT2D eigenvalue weighted by Crippen LogP contribution is 2.17. The maximum atomic E-state index is 12.2. The van der Waals surface area contributed by atoms with Crippen LogP contribution in [-0.4, -0.2) is 23.0 Å². The Morgan fingerprint density at radius 1 is 1.22 bits per heavy atom. The summed E-state index contributed by atoms with van der Waals surface area (Å²) in [5.74, 6) is -1.12. The van der Waals surface area contributed by atoms with Gasteiger partial charge in [-0.3, -0.25) is 4.79 Å². The largest absolute Gasteiger partial charge is 0.449 e. The Labute approximate surface area is 143 Å². The van der Waals surface area contributed by atoms with E-state index in [0.29, 0.717) is 17.1 Å². The van der Waals surface area contributed by atoms with Gasteiger partial charge in [-0.2, -0.15) is 0 Å². The monoisotopic (exact) mass is 352 g/mol. The maximum Gasteiger partial charge on any atom is 0.342 e. The smallest absolute Gasteiger partial charge is 0.342 e. The molecular formula is C16H14Cl2N2O3. The first-order valence-electron chi connectivity index (χ1n) is 6.89. The predicted molar refractivity (Wildman–Crippen MR) is 88.8 cm³/mol. The Hall–Kier alpha value is -2.11. The summed E-state index contributed by atoms with van der Waals surface area (Å²) in [5.41, 5.74) is 0.681. The molecule has 2 aromatic rings. The molecule has 0 bridgehead atoms. The zero-order chi connectivity index (χ0) is 16.8. The molecule has 0 aliphatic heterocycles. The number of halogens is 2. The van der Waals surface area contributed by atoms with Crippen molar-refractivity contribution >= 4 is 40.8 Å². The van der Waals surface area contributed by atoms with Gasteiger partial charge < -0.3 is 10.1 Å². The lowest BCUT2D eigenvalue weighted by Gasteiger charge is -2.16. The number of ether oxygens (including phenoxy) is 1. The van der Waals surface area contributed by atoms with E-state index in [9.17, 15) is 9.59 Å². The van der Waals surface area contributed by atoms with Crippen molar-refractivity contribution in [2.24, 2.45) is 0 Å². The maximum absolute atomic E-state index is 12.2. The van der Waals surface area contributed by atoms with Gasteiger partial charge in [-0.25, -0.2) is 9.78 Å². The van der Waals surface area contributed by atoms with Gasteiger partial charge in [0.1, 0.15) is 5.15 Å². The fraction of sp³-hybridized carbons (Fsp3) is 0.188. The summed E-state index contributed by atoms with van der Waals surface area (Å²) in [6.07, 6.45) is 0.849. The number of esters is 1. The average molecular weight is 353 g/mol. The van der Waals surface area contributed by atoms with Crippen LogP contribution in [0.1, 0.15) is 23.7 Å². The first-order valence-corrected chi connectivity index (χ1v) is 7.64. The van der Waals surface area contributed by atoms with Crippen molar-refractivity contribution in [3.05, 3.63) is 58.3 Å². The molecule has 0 fully saturated rings. The average Bonchev–Trinajstić information content (AvgIpc) is 2.54. The van der Waals surface area contributed by atoms with E-state index in [1.165, 1.54) is 12.3 Å². The van der Waals surface area contributed by atoms with E-state index in [1.54, 1.807) is 37.3 Å². The third-order valence-electron chi connectivity index (χ3n) is 3.00. The molecule has 0 saturated carbocycles. The number of hydrogen-bond acceptors (Lipinski definition) is 4. The number of nitrogens with zero attached hydrogens (tertiary/aromatic N) is 1. The molecule has 1 aromatic carbocycles. The van der Waals surface area contributed by atoms with Crippen LogP contribution in [0, 0.1) is 0 Å². The van der Waals surface area contributed by atoms with Crippen molar-refractivity contribution in [2.75, 3.05) is 5.32 Å². The molecule has 23 heavy (non-hydrogen) atoms. The molecule has 2 rings (SSSR count). The van der Waals surface area contributed by atoms with Crippen LogP contribution in [-0.2, 0) is 9.53 Å². The van der Waals surface area contributed by atoms with E-state index in [0.717, 1.165) is 0 Å². The number of carbonyl (C=O) groups is 2. The van der Waals surface area contributed by atoms with E-state index in [1.807, 2.05) is 0 Å². The molecule has 0 spiro atoms. The normalized spacial score (nSPS) is 11.6. The number of anilines is 1. The molecule has 5 nitrogen and oxygen atoms in total. The summed E-state index contributed by atoms with van der Waals surface area (Å²) in [6.45, 7) is 1.74. The van der Waals surface area contributed by atoms with Crippen LogP contribution in [0.25, 0.3) is 0 Å². The van der Waals surface area contributed by atoms with Gasteiger partial charge in [-0.05, 0) is 42.8 Å². The topological polar surface area (TPSA) is 68.3 Å². The highest BCUT2D eigenvalue weighted by Gasteiger charge is 2.23.